The lowest BCUT2D eigenvalue weighted by Gasteiger charge is -2.23. The Kier molecular flexibility index (Phi) is 5.17. The van der Waals surface area contributed by atoms with Gasteiger partial charge in [-0.05, 0) is 32.4 Å². The van der Waals surface area contributed by atoms with Gasteiger partial charge in [0.2, 0.25) is 0 Å². The zero-order chi connectivity index (χ0) is 12.2. The molecule has 0 aromatic rings. The predicted octanol–water partition coefficient (Wildman–Crippen LogP) is 0.114. The van der Waals surface area contributed by atoms with Crippen LogP contribution in [0.4, 0.5) is 0 Å². The lowest BCUT2D eigenvalue weighted by atomic mass is 10.2. The summed E-state index contributed by atoms with van der Waals surface area (Å²) in [5.41, 5.74) is 0. The minimum Gasteiger partial charge on any atom is -0.320 e. The SMILES string of the molecule is CNCCCN(C)S(=O)(=O)N1CCC(C)C1. The lowest BCUT2D eigenvalue weighted by molar-refractivity contribution is 0.385. The molecule has 1 unspecified atom stereocenters. The van der Waals surface area contributed by atoms with E-state index in [0.717, 1.165) is 19.4 Å². The maximum atomic E-state index is 12.1. The Morgan fingerprint density at radius 1 is 1.50 bits per heavy atom. The van der Waals surface area contributed by atoms with Gasteiger partial charge in [0.1, 0.15) is 0 Å². The Morgan fingerprint density at radius 3 is 2.69 bits per heavy atom. The average molecular weight is 249 g/mol. The highest BCUT2D eigenvalue weighted by molar-refractivity contribution is 7.86. The van der Waals surface area contributed by atoms with Crippen molar-refractivity contribution in [2.75, 3.05) is 40.3 Å². The van der Waals surface area contributed by atoms with E-state index in [1.54, 1.807) is 11.4 Å². The summed E-state index contributed by atoms with van der Waals surface area (Å²) < 4.78 is 27.3. The third kappa shape index (κ3) is 3.41. The Balaban J connectivity index is 2.49. The topological polar surface area (TPSA) is 52.7 Å². The molecule has 0 amide bonds. The zero-order valence-corrected chi connectivity index (χ0v) is 11.3. The van der Waals surface area contributed by atoms with Crippen LogP contribution in [0.25, 0.3) is 0 Å². The molecule has 0 aromatic heterocycles. The van der Waals surface area contributed by atoms with E-state index in [-0.39, 0.29) is 0 Å². The Hall–Kier alpha value is -0.170. The highest BCUT2D eigenvalue weighted by Crippen LogP contribution is 2.20. The first-order valence-electron chi connectivity index (χ1n) is 5.84. The van der Waals surface area contributed by atoms with Gasteiger partial charge in [0.05, 0.1) is 0 Å². The Labute approximate surface area is 99.0 Å². The first kappa shape index (κ1) is 13.9. The standard InChI is InChI=1S/C10H23N3O2S/c1-10-5-8-13(9-10)16(14,15)12(3)7-4-6-11-2/h10-11H,4-9H2,1-3H3. The van der Waals surface area contributed by atoms with Gasteiger partial charge >= 0.3 is 0 Å². The van der Waals surface area contributed by atoms with Gasteiger partial charge in [0, 0.05) is 26.7 Å². The second kappa shape index (κ2) is 5.95. The first-order chi connectivity index (χ1) is 7.48. The lowest BCUT2D eigenvalue weighted by Crippen LogP contribution is -2.41. The van der Waals surface area contributed by atoms with Crippen LogP contribution < -0.4 is 5.32 Å². The van der Waals surface area contributed by atoms with Crippen LogP contribution in [0.15, 0.2) is 0 Å². The molecule has 6 heteroatoms. The number of hydrogen-bond acceptors (Lipinski definition) is 3. The van der Waals surface area contributed by atoms with Crippen LogP contribution >= 0.6 is 0 Å². The summed E-state index contributed by atoms with van der Waals surface area (Å²) >= 11 is 0. The average Bonchev–Trinajstić information content (AvgIpc) is 2.65. The summed E-state index contributed by atoms with van der Waals surface area (Å²) in [6, 6.07) is 0. The second-order valence-electron chi connectivity index (χ2n) is 4.54. The van der Waals surface area contributed by atoms with E-state index in [0.29, 0.717) is 25.6 Å². The molecule has 16 heavy (non-hydrogen) atoms. The molecule has 1 aliphatic heterocycles. The largest absolute Gasteiger partial charge is 0.320 e. The van der Waals surface area contributed by atoms with Gasteiger partial charge < -0.3 is 5.32 Å². The molecule has 5 nitrogen and oxygen atoms in total. The predicted molar refractivity (Wildman–Crippen MR) is 65.4 cm³/mol. The van der Waals surface area contributed by atoms with Crippen molar-refractivity contribution in [1.29, 1.82) is 0 Å². The molecular formula is C10H23N3O2S. The van der Waals surface area contributed by atoms with Gasteiger partial charge in [-0.15, -0.1) is 0 Å². The highest BCUT2D eigenvalue weighted by Gasteiger charge is 2.31. The van der Waals surface area contributed by atoms with Crippen molar-refractivity contribution >= 4 is 10.2 Å². The van der Waals surface area contributed by atoms with Gasteiger partial charge in [-0.25, -0.2) is 0 Å². The fourth-order valence-electron chi connectivity index (χ4n) is 1.90. The van der Waals surface area contributed by atoms with Crippen LogP contribution in [0.5, 0.6) is 0 Å². The summed E-state index contributed by atoms with van der Waals surface area (Å²) in [5, 5.41) is 3.02. The van der Waals surface area contributed by atoms with Crippen molar-refractivity contribution in [2.45, 2.75) is 19.8 Å². The monoisotopic (exact) mass is 249 g/mol. The van der Waals surface area contributed by atoms with E-state index in [1.165, 1.54) is 4.31 Å². The van der Waals surface area contributed by atoms with Gasteiger partial charge in [-0.2, -0.15) is 17.0 Å². The number of hydrogen-bond donors (Lipinski definition) is 1. The molecule has 1 heterocycles. The van der Waals surface area contributed by atoms with E-state index in [2.05, 4.69) is 12.2 Å². The van der Waals surface area contributed by atoms with Crippen LogP contribution in [0.1, 0.15) is 19.8 Å². The molecule has 0 bridgehead atoms. The fourth-order valence-corrected chi connectivity index (χ4v) is 3.43. The van der Waals surface area contributed by atoms with Crippen molar-refractivity contribution in [3.63, 3.8) is 0 Å². The number of rotatable bonds is 6. The maximum absolute atomic E-state index is 12.1. The molecule has 96 valence electrons. The quantitative estimate of drug-likeness (QED) is 0.680. The summed E-state index contributed by atoms with van der Waals surface area (Å²) in [6.45, 7) is 4.85. The van der Waals surface area contributed by atoms with Crippen molar-refractivity contribution in [3.8, 4) is 0 Å². The van der Waals surface area contributed by atoms with Crippen molar-refractivity contribution in [3.05, 3.63) is 0 Å². The van der Waals surface area contributed by atoms with E-state index in [4.69, 9.17) is 0 Å². The van der Waals surface area contributed by atoms with Gasteiger partial charge in [0.25, 0.3) is 10.2 Å². The maximum Gasteiger partial charge on any atom is 0.281 e. The normalized spacial score (nSPS) is 23.1. The summed E-state index contributed by atoms with van der Waals surface area (Å²) in [5.74, 6) is 0.487. The molecule has 1 atom stereocenters. The second-order valence-corrected chi connectivity index (χ2v) is 6.57. The van der Waals surface area contributed by atoms with Gasteiger partial charge in [-0.1, -0.05) is 6.92 Å². The minimum absolute atomic E-state index is 0.487. The highest BCUT2D eigenvalue weighted by atomic mass is 32.2. The van der Waals surface area contributed by atoms with Crippen LogP contribution in [-0.2, 0) is 10.2 Å². The molecule has 1 aliphatic rings. The molecule has 1 rings (SSSR count). The summed E-state index contributed by atoms with van der Waals surface area (Å²) in [4.78, 5) is 0. The first-order valence-corrected chi connectivity index (χ1v) is 7.24. The molecular weight excluding hydrogens is 226 g/mol. The summed E-state index contributed by atoms with van der Waals surface area (Å²) in [6.07, 6.45) is 1.82. The smallest absolute Gasteiger partial charge is 0.281 e. The molecule has 1 fully saturated rings. The van der Waals surface area contributed by atoms with E-state index in [9.17, 15) is 8.42 Å². The summed E-state index contributed by atoms with van der Waals surface area (Å²) in [7, 11) is 0.319. The third-order valence-electron chi connectivity index (χ3n) is 3.01. The molecule has 0 aliphatic carbocycles. The Morgan fingerprint density at radius 2 is 2.19 bits per heavy atom. The number of nitrogens with zero attached hydrogens (tertiary/aromatic N) is 2. The third-order valence-corrected chi connectivity index (χ3v) is 4.96. The molecule has 0 radical (unpaired) electrons. The van der Waals surface area contributed by atoms with Crippen LogP contribution in [0, 0.1) is 5.92 Å². The molecule has 0 aromatic carbocycles. The fraction of sp³-hybridized carbons (Fsp3) is 1.00. The van der Waals surface area contributed by atoms with Crippen LogP contribution in [0.3, 0.4) is 0 Å². The minimum atomic E-state index is -3.21. The van der Waals surface area contributed by atoms with Crippen molar-refractivity contribution in [1.82, 2.24) is 13.9 Å². The Bertz CT molecular complexity index is 305. The number of nitrogens with one attached hydrogen (secondary N) is 1. The van der Waals surface area contributed by atoms with Gasteiger partial charge in [0.15, 0.2) is 0 Å². The van der Waals surface area contributed by atoms with Crippen LogP contribution in [-0.4, -0.2) is 57.3 Å². The van der Waals surface area contributed by atoms with Gasteiger partial charge in [-0.3, -0.25) is 0 Å². The van der Waals surface area contributed by atoms with E-state index >= 15 is 0 Å². The van der Waals surface area contributed by atoms with Crippen LogP contribution in [0.2, 0.25) is 0 Å². The molecule has 1 N–H and O–H groups in total. The molecule has 0 spiro atoms. The van der Waals surface area contributed by atoms with E-state index < -0.39 is 10.2 Å². The van der Waals surface area contributed by atoms with E-state index in [1.807, 2.05) is 7.05 Å². The zero-order valence-electron chi connectivity index (χ0n) is 10.4. The van der Waals surface area contributed by atoms with Crippen molar-refractivity contribution in [2.24, 2.45) is 5.92 Å². The van der Waals surface area contributed by atoms with Crippen molar-refractivity contribution < 1.29 is 8.42 Å². The molecule has 1 saturated heterocycles. The molecule has 0 saturated carbocycles.